The number of piperazine rings is 1. The first-order chi connectivity index (χ1) is 13.0. The van der Waals surface area contributed by atoms with Crippen molar-refractivity contribution < 1.29 is 18.4 Å². The Kier molecular flexibility index (Phi) is 6.77. The van der Waals surface area contributed by atoms with Crippen molar-refractivity contribution in [1.82, 2.24) is 15.5 Å². The Bertz CT molecular complexity index is 677. The molecule has 0 spiro atoms. The fraction of sp³-hybridized carbons (Fsp3) is 0.600. The lowest BCUT2D eigenvalue weighted by Crippen LogP contribution is -2.56. The van der Waals surface area contributed by atoms with Gasteiger partial charge >= 0.3 is 0 Å². The summed E-state index contributed by atoms with van der Waals surface area (Å²) in [5.41, 5.74) is 0.192. The standard InChI is InChI=1S/C20H27F2N3O2/c21-16-8-4-7-15(19(16)22)13-25-10-9-23-20(27)17(25)11-18(26)24-12-14-5-2-1-3-6-14/h4,7-8,14,17H,1-3,5-6,9-13H2,(H,23,27)(H,24,26)/t17-/m1/s1. The van der Waals surface area contributed by atoms with Crippen LogP contribution in [0.2, 0.25) is 0 Å². The maximum Gasteiger partial charge on any atom is 0.237 e. The predicted molar refractivity (Wildman–Crippen MR) is 97.8 cm³/mol. The van der Waals surface area contributed by atoms with Gasteiger partial charge in [0, 0.05) is 31.7 Å². The van der Waals surface area contributed by atoms with Crippen molar-refractivity contribution in [2.45, 2.75) is 51.1 Å². The predicted octanol–water partition coefficient (Wildman–Crippen LogP) is 2.35. The zero-order valence-electron chi connectivity index (χ0n) is 15.5. The fourth-order valence-electron chi connectivity index (χ4n) is 3.96. The number of benzene rings is 1. The van der Waals surface area contributed by atoms with Crippen LogP contribution in [0.25, 0.3) is 0 Å². The molecule has 1 aliphatic carbocycles. The highest BCUT2D eigenvalue weighted by Gasteiger charge is 2.32. The number of nitrogens with one attached hydrogen (secondary N) is 2. The molecular weight excluding hydrogens is 352 g/mol. The van der Waals surface area contributed by atoms with Crippen LogP contribution >= 0.6 is 0 Å². The lowest BCUT2D eigenvalue weighted by Gasteiger charge is -2.35. The quantitative estimate of drug-likeness (QED) is 0.798. The summed E-state index contributed by atoms with van der Waals surface area (Å²) < 4.78 is 27.4. The van der Waals surface area contributed by atoms with Crippen LogP contribution in [0.3, 0.4) is 0 Å². The highest BCUT2D eigenvalue weighted by Crippen LogP contribution is 2.23. The molecule has 7 heteroatoms. The molecule has 1 saturated carbocycles. The molecule has 1 saturated heterocycles. The van der Waals surface area contributed by atoms with Crippen LogP contribution in [0, 0.1) is 17.6 Å². The molecule has 2 aliphatic rings. The van der Waals surface area contributed by atoms with E-state index in [4.69, 9.17) is 0 Å². The second-order valence-electron chi connectivity index (χ2n) is 7.50. The zero-order chi connectivity index (χ0) is 19.2. The Labute approximate surface area is 158 Å². The van der Waals surface area contributed by atoms with E-state index < -0.39 is 17.7 Å². The van der Waals surface area contributed by atoms with Crippen LogP contribution in [-0.4, -0.2) is 42.4 Å². The van der Waals surface area contributed by atoms with Gasteiger partial charge in [-0.2, -0.15) is 0 Å². The first kappa shape index (κ1) is 19.7. The van der Waals surface area contributed by atoms with E-state index in [1.54, 1.807) is 4.90 Å². The number of hydrogen-bond acceptors (Lipinski definition) is 3. The van der Waals surface area contributed by atoms with Crippen LogP contribution in [0.15, 0.2) is 18.2 Å². The molecule has 0 bridgehead atoms. The van der Waals surface area contributed by atoms with E-state index in [-0.39, 0.29) is 30.3 Å². The largest absolute Gasteiger partial charge is 0.356 e. The summed E-state index contributed by atoms with van der Waals surface area (Å²) in [7, 11) is 0. The number of hydrogen-bond donors (Lipinski definition) is 2. The lowest BCUT2D eigenvalue weighted by atomic mass is 9.89. The van der Waals surface area contributed by atoms with Crippen LogP contribution in [0.5, 0.6) is 0 Å². The Morgan fingerprint density at radius 2 is 2.00 bits per heavy atom. The topological polar surface area (TPSA) is 61.4 Å². The van der Waals surface area contributed by atoms with E-state index in [1.165, 1.54) is 31.4 Å². The number of carbonyl (C=O) groups is 2. The normalized spacial score (nSPS) is 21.7. The van der Waals surface area contributed by atoms with Gasteiger partial charge < -0.3 is 10.6 Å². The molecule has 0 radical (unpaired) electrons. The molecule has 3 rings (SSSR count). The van der Waals surface area contributed by atoms with Gasteiger partial charge in [0.15, 0.2) is 11.6 Å². The second-order valence-corrected chi connectivity index (χ2v) is 7.50. The fourth-order valence-corrected chi connectivity index (χ4v) is 3.96. The van der Waals surface area contributed by atoms with Gasteiger partial charge in [-0.1, -0.05) is 31.4 Å². The van der Waals surface area contributed by atoms with Crippen molar-refractivity contribution in [3.63, 3.8) is 0 Å². The minimum Gasteiger partial charge on any atom is -0.356 e. The van der Waals surface area contributed by atoms with Gasteiger partial charge in [0.2, 0.25) is 11.8 Å². The molecule has 1 aromatic rings. The maximum absolute atomic E-state index is 14.0. The number of rotatable bonds is 6. The Morgan fingerprint density at radius 1 is 1.22 bits per heavy atom. The smallest absolute Gasteiger partial charge is 0.237 e. The Balaban J connectivity index is 1.59. The van der Waals surface area contributed by atoms with E-state index >= 15 is 0 Å². The third-order valence-corrected chi connectivity index (χ3v) is 5.54. The van der Waals surface area contributed by atoms with Gasteiger partial charge in [0.25, 0.3) is 0 Å². The SMILES string of the molecule is O=C(C[C@@H]1C(=O)NCCN1Cc1cccc(F)c1F)NCC1CCCCC1. The van der Waals surface area contributed by atoms with Gasteiger partial charge in [0.1, 0.15) is 0 Å². The molecule has 1 heterocycles. The Morgan fingerprint density at radius 3 is 2.78 bits per heavy atom. The minimum absolute atomic E-state index is 0.0233. The number of halogens is 2. The van der Waals surface area contributed by atoms with Crippen molar-refractivity contribution >= 4 is 11.8 Å². The summed E-state index contributed by atoms with van der Waals surface area (Å²) in [6.07, 6.45) is 5.97. The van der Waals surface area contributed by atoms with Crippen LogP contribution < -0.4 is 10.6 Å². The molecule has 1 aliphatic heterocycles. The van der Waals surface area contributed by atoms with Crippen molar-refractivity contribution in [3.8, 4) is 0 Å². The average Bonchev–Trinajstić information content (AvgIpc) is 2.67. The molecule has 2 fully saturated rings. The minimum atomic E-state index is -0.907. The third kappa shape index (κ3) is 5.25. The van der Waals surface area contributed by atoms with Crippen LogP contribution in [-0.2, 0) is 16.1 Å². The lowest BCUT2D eigenvalue weighted by molar-refractivity contribution is -0.134. The molecule has 5 nitrogen and oxygen atoms in total. The van der Waals surface area contributed by atoms with Gasteiger partial charge in [-0.3, -0.25) is 14.5 Å². The van der Waals surface area contributed by atoms with E-state index in [9.17, 15) is 18.4 Å². The summed E-state index contributed by atoms with van der Waals surface area (Å²) in [5, 5.41) is 5.70. The maximum atomic E-state index is 14.0. The first-order valence-corrected chi connectivity index (χ1v) is 9.76. The zero-order valence-corrected chi connectivity index (χ0v) is 15.5. The molecule has 148 valence electrons. The van der Waals surface area contributed by atoms with Crippen molar-refractivity contribution in [2.24, 2.45) is 5.92 Å². The monoisotopic (exact) mass is 379 g/mol. The molecule has 2 N–H and O–H groups in total. The highest BCUT2D eigenvalue weighted by atomic mass is 19.2. The molecule has 0 aromatic heterocycles. The van der Waals surface area contributed by atoms with Gasteiger partial charge in [-0.15, -0.1) is 0 Å². The highest BCUT2D eigenvalue weighted by molar-refractivity contribution is 5.88. The summed E-state index contributed by atoms with van der Waals surface area (Å²) >= 11 is 0. The molecule has 1 aromatic carbocycles. The van der Waals surface area contributed by atoms with E-state index in [2.05, 4.69) is 10.6 Å². The van der Waals surface area contributed by atoms with E-state index in [0.717, 1.165) is 18.9 Å². The molecular formula is C20H27F2N3O2. The van der Waals surface area contributed by atoms with Gasteiger partial charge in [-0.05, 0) is 24.8 Å². The molecule has 1 atom stereocenters. The number of carbonyl (C=O) groups excluding carboxylic acids is 2. The van der Waals surface area contributed by atoms with Gasteiger partial charge in [0.05, 0.1) is 12.5 Å². The average molecular weight is 379 g/mol. The summed E-state index contributed by atoms with van der Waals surface area (Å²) in [6, 6.07) is 3.35. The van der Waals surface area contributed by atoms with Crippen LogP contribution in [0.4, 0.5) is 8.78 Å². The van der Waals surface area contributed by atoms with E-state index in [1.807, 2.05) is 0 Å². The third-order valence-electron chi connectivity index (χ3n) is 5.54. The summed E-state index contributed by atoms with van der Waals surface area (Å²) in [4.78, 5) is 26.4. The summed E-state index contributed by atoms with van der Waals surface area (Å²) in [5.74, 6) is -1.71. The Hall–Kier alpha value is -2.02. The summed E-state index contributed by atoms with van der Waals surface area (Å²) in [6.45, 7) is 1.65. The number of nitrogens with zero attached hydrogens (tertiary/aromatic N) is 1. The molecule has 2 amide bonds. The second kappa shape index (κ2) is 9.26. The van der Waals surface area contributed by atoms with Crippen molar-refractivity contribution in [2.75, 3.05) is 19.6 Å². The first-order valence-electron chi connectivity index (χ1n) is 9.76. The van der Waals surface area contributed by atoms with Gasteiger partial charge in [-0.25, -0.2) is 8.78 Å². The van der Waals surface area contributed by atoms with Crippen molar-refractivity contribution in [3.05, 3.63) is 35.4 Å². The molecule has 27 heavy (non-hydrogen) atoms. The number of amides is 2. The van der Waals surface area contributed by atoms with Crippen molar-refractivity contribution in [1.29, 1.82) is 0 Å². The van der Waals surface area contributed by atoms with E-state index in [0.29, 0.717) is 25.6 Å². The van der Waals surface area contributed by atoms with Crippen LogP contribution in [0.1, 0.15) is 44.1 Å². The molecule has 0 unspecified atom stereocenters.